The Bertz CT molecular complexity index is 404. The van der Waals surface area contributed by atoms with Gasteiger partial charge < -0.3 is 10.1 Å². The first-order chi connectivity index (χ1) is 9.54. The van der Waals surface area contributed by atoms with E-state index >= 15 is 0 Å². The highest BCUT2D eigenvalue weighted by Crippen LogP contribution is 2.28. The standard InChI is InChI=1S/C17H28BrNO/c1-13(2)19-10-8-6-5-7-9-15-12-16(18)14(3)11-17(15)20-4/h11-13,19H,5-10H2,1-4H3. The first-order valence-corrected chi connectivity index (χ1v) is 8.40. The summed E-state index contributed by atoms with van der Waals surface area (Å²) in [6.07, 6.45) is 6.18. The SMILES string of the molecule is COc1cc(C)c(Br)cc1CCCCCCNC(C)C. The smallest absolute Gasteiger partial charge is 0.122 e. The molecule has 0 aromatic heterocycles. The van der Waals surface area contributed by atoms with Crippen LogP contribution in [0.15, 0.2) is 16.6 Å². The molecule has 0 unspecified atom stereocenters. The van der Waals surface area contributed by atoms with Gasteiger partial charge in [0.15, 0.2) is 0 Å². The lowest BCUT2D eigenvalue weighted by Gasteiger charge is -2.11. The summed E-state index contributed by atoms with van der Waals surface area (Å²) in [5, 5.41) is 3.46. The van der Waals surface area contributed by atoms with Crippen molar-refractivity contribution in [3.05, 3.63) is 27.7 Å². The highest BCUT2D eigenvalue weighted by molar-refractivity contribution is 9.10. The summed E-state index contributed by atoms with van der Waals surface area (Å²) in [6, 6.07) is 4.92. The Morgan fingerprint density at radius 1 is 1.15 bits per heavy atom. The van der Waals surface area contributed by atoms with Crippen molar-refractivity contribution in [1.29, 1.82) is 0 Å². The van der Waals surface area contributed by atoms with E-state index in [9.17, 15) is 0 Å². The normalized spacial score (nSPS) is 11.1. The molecule has 20 heavy (non-hydrogen) atoms. The maximum atomic E-state index is 5.47. The number of benzene rings is 1. The summed E-state index contributed by atoms with van der Waals surface area (Å²) in [7, 11) is 1.75. The number of ether oxygens (including phenoxy) is 1. The zero-order valence-corrected chi connectivity index (χ0v) is 14.8. The van der Waals surface area contributed by atoms with Crippen molar-refractivity contribution in [2.75, 3.05) is 13.7 Å². The Morgan fingerprint density at radius 3 is 2.50 bits per heavy atom. The predicted molar refractivity (Wildman–Crippen MR) is 90.7 cm³/mol. The van der Waals surface area contributed by atoms with Crippen LogP contribution in [0.5, 0.6) is 5.75 Å². The fraction of sp³-hybridized carbons (Fsp3) is 0.647. The lowest BCUT2D eigenvalue weighted by Crippen LogP contribution is -2.23. The Labute approximate surface area is 132 Å². The van der Waals surface area contributed by atoms with Gasteiger partial charge in [-0.05, 0) is 56.0 Å². The lowest BCUT2D eigenvalue weighted by molar-refractivity contribution is 0.408. The second-order valence-corrected chi connectivity index (χ2v) is 6.54. The van der Waals surface area contributed by atoms with Gasteiger partial charge in [0, 0.05) is 10.5 Å². The zero-order chi connectivity index (χ0) is 15.0. The molecule has 0 aliphatic carbocycles. The maximum Gasteiger partial charge on any atom is 0.122 e. The molecule has 1 aromatic rings. The zero-order valence-electron chi connectivity index (χ0n) is 13.3. The summed E-state index contributed by atoms with van der Waals surface area (Å²) in [5.74, 6) is 1.02. The van der Waals surface area contributed by atoms with Crippen molar-refractivity contribution in [3.63, 3.8) is 0 Å². The summed E-state index contributed by atoms with van der Waals surface area (Å²) < 4.78 is 6.65. The highest BCUT2D eigenvalue weighted by Gasteiger charge is 2.06. The van der Waals surface area contributed by atoms with Gasteiger partial charge in [-0.2, -0.15) is 0 Å². The van der Waals surface area contributed by atoms with Crippen LogP contribution in [0.2, 0.25) is 0 Å². The summed E-state index contributed by atoms with van der Waals surface area (Å²) >= 11 is 3.60. The van der Waals surface area contributed by atoms with Gasteiger partial charge in [-0.3, -0.25) is 0 Å². The molecule has 0 atom stereocenters. The van der Waals surface area contributed by atoms with Crippen molar-refractivity contribution in [1.82, 2.24) is 5.32 Å². The van der Waals surface area contributed by atoms with E-state index in [-0.39, 0.29) is 0 Å². The number of hydrogen-bond donors (Lipinski definition) is 1. The molecule has 1 rings (SSSR count). The van der Waals surface area contributed by atoms with E-state index in [2.05, 4.69) is 54.2 Å². The topological polar surface area (TPSA) is 21.3 Å². The third-order valence-electron chi connectivity index (χ3n) is 3.49. The molecule has 2 nitrogen and oxygen atoms in total. The van der Waals surface area contributed by atoms with Crippen LogP contribution in [-0.2, 0) is 6.42 Å². The molecule has 1 aromatic carbocycles. The van der Waals surface area contributed by atoms with E-state index in [1.165, 1.54) is 41.3 Å². The van der Waals surface area contributed by atoms with Gasteiger partial charge in [-0.1, -0.05) is 42.6 Å². The minimum absolute atomic E-state index is 0.601. The van der Waals surface area contributed by atoms with Gasteiger partial charge in [0.05, 0.1) is 7.11 Å². The van der Waals surface area contributed by atoms with Crippen LogP contribution < -0.4 is 10.1 Å². The average molecular weight is 342 g/mol. The van der Waals surface area contributed by atoms with Crippen molar-refractivity contribution in [3.8, 4) is 5.75 Å². The predicted octanol–water partition coefficient (Wildman–Crippen LogP) is 4.87. The molecule has 0 aliphatic rings. The number of methoxy groups -OCH3 is 1. The lowest BCUT2D eigenvalue weighted by atomic mass is 10.0. The molecule has 0 saturated carbocycles. The van der Waals surface area contributed by atoms with E-state index in [0.29, 0.717) is 6.04 Å². The van der Waals surface area contributed by atoms with E-state index in [1.807, 2.05) is 0 Å². The minimum Gasteiger partial charge on any atom is -0.496 e. The third-order valence-corrected chi connectivity index (χ3v) is 4.34. The molecule has 0 saturated heterocycles. The van der Waals surface area contributed by atoms with Gasteiger partial charge in [0.2, 0.25) is 0 Å². The fourth-order valence-electron chi connectivity index (χ4n) is 2.27. The molecule has 0 radical (unpaired) electrons. The molecule has 0 heterocycles. The molecule has 0 amide bonds. The average Bonchev–Trinajstić information content (AvgIpc) is 2.40. The van der Waals surface area contributed by atoms with E-state index in [4.69, 9.17) is 4.74 Å². The molecule has 114 valence electrons. The Morgan fingerprint density at radius 2 is 1.85 bits per heavy atom. The maximum absolute atomic E-state index is 5.47. The molecule has 3 heteroatoms. The van der Waals surface area contributed by atoms with Crippen LogP contribution in [0.4, 0.5) is 0 Å². The van der Waals surface area contributed by atoms with E-state index in [1.54, 1.807) is 7.11 Å². The fourth-order valence-corrected chi connectivity index (χ4v) is 2.66. The molecule has 0 fully saturated rings. The Balaban J connectivity index is 2.30. The van der Waals surface area contributed by atoms with Gasteiger partial charge in [-0.15, -0.1) is 0 Å². The van der Waals surface area contributed by atoms with Crippen LogP contribution >= 0.6 is 15.9 Å². The number of nitrogens with one attached hydrogen (secondary N) is 1. The van der Waals surface area contributed by atoms with Gasteiger partial charge >= 0.3 is 0 Å². The second kappa shape index (κ2) is 9.41. The van der Waals surface area contributed by atoms with Crippen molar-refractivity contribution in [2.24, 2.45) is 0 Å². The molecular formula is C17H28BrNO. The Hall–Kier alpha value is -0.540. The molecule has 0 spiro atoms. The molecule has 0 aliphatic heterocycles. The number of halogens is 1. The second-order valence-electron chi connectivity index (χ2n) is 5.69. The minimum atomic E-state index is 0.601. The van der Waals surface area contributed by atoms with E-state index < -0.39 is 0 Å². The number of hydrogen-bond acceptors (Lipinski definition) is 2. The first-order valence-electron chi connectivity index (χ1n) is 7.61. The van der Waals surface area contributed by atoms with Crippen LogP contribution in [-0.4, -0.2) is 19.7 Å². The first kappa shape index (κ1) is 17.5. The van der Waals surface area contributed by atoms with Crippen molar-refractivity contribution in [2.45, 2.75) is 58.9 Å². The largest absolute Gasteiger partial charge is 0.496 e. The van der Waals surface area contributed by atoms with Crippen molar-refractivity contribution >= 4 is 15.9 Å². The highest BCUT2D eigenvalue weighted by atomic mass is 79.9. The Kier molecular flexibility index (Phi) is 8.24. The quantitative estimate of drug-likeness (QED) is 0.647. The van der Waals surface area contributed by atoms with E-state index in [0.717, 1.165) is 18.7 Å². The summed E-state index contributed by atoms with van der Waals surface area (Å²) in [6.45, 7) is 7.62. The van der Waals surface area contributed by atoms with Crippen LogP contribution in [0.1, 0.15) is 50.7 Å². The molecular weight excluding hydrogens is 314 g/mol. The molecule has 1 N–H and O–H groups in total. The van der Waals surface area contributed by atoms with Gasteiger partial charge in [0.1, 0.15) is 5.75 Å². The van der Waals surface area contributed by atoms with Gasteiger partial charge in [0.25, 0.3) is 0 Å². The van der Waals surface area contributed by atoms with Crippen LogP contribution in [0.25, 0.3) is 0 Å². The summed E-state index contributed by atoms with van der Waals surface area (Å²) in [4.78, 5) is 0. The van der Waals surface area contributed by atoms with Crippen LogP contribution in [0, 0.1) is 6.92 Å². The monoisotopic (exact) mass is 341 g/mol. The summed E-state index contributed by atoms with van der Waals surface area (Å²) in [5.41, 5.74) is 2.54. The number of unbranched alkanes of at least 4 members (excludes halogenated alkanes) is 3. The van der Waals surface area contributed by atoms with Crippen LogP contribution in [0.3, 0.4) is 0 Å². The number of aryl methyl sites for hydroxylation is 2. The number of rotatable bonds is 9. The van der Waals surface area contributed by atoms with Crippen molar-refractivity contribution < 1.29 is 4.74 Å². The molecule has 0 bridgehead atoms. The van der Waals surface area contributed by atoms with Gasteiger partial charge in [-0.25, -0.2) is 0 Å². The third kappa shape index (κ3) is 6.27.